The summed E-state index contributed by atoms with van der Waals surface area (Å²) >= 11 is 0. The summed E-state index contributed by atoms with van der Waals surface area (Å²) in [7, 11) is 0. The first-order valence-corrected chi connectivity index (χ1v) is 6.10. The van der Waals surface area contributed by atoms with E-state index in [4.69, 9.17) is 5.73 Å². The van der Waals surface area contributed by atoms with E-state index in [0.29, 0.717) is 5.92 Å². The summed E-state index contributed by atoms with van der Waals surface area (Å²) < 4.78 is 0. The van der Waals surface area contributed by atoms with Crippen LogP contribution in [0, 0.1) is 5.92 Å². The highest BCUT2D eigenvalue weighted by molar-refractivity contribution is 5.87. The van der Waals surface area contributed by atoms with E-state index < -0.39 is 6.03 Å². The van der Waals surface area contributed by atoms with Crippen LogP contribution in [-0.2, 0) is 6.42 Å². The van der Waals surface area contributed by atoms with E-state index in [-0.39, 0.29) is 0 Å². The number of nitrogens with one attached hydrogen (secondary N) is 2. The van der Waals surface area contributed by atoms with Crippen LogP contribution in [0.5, 0.6) is 0 Å². The predicted molar refractivity (Wildman–Crippen MR) is 68.9 cm³/mol. The van der Waals surface area contributed by atoms with E-state index in [1.807, 2.05) is 18.2 Å². The summed E-state index contributed by atoms with van der Waals surface area (Å²) in [6.45, 7) is 2.23. The molecular formula is C13H19N3O. The molecule has 4 N–H and O–H groups in total. The smallest absolute Gasteiger partial charge is 0.316 e. The predicted octanol–water partition coefficient (Wildman–Crippen LogP) is 1.72. The molecule has 1 heterocycles. The molecule has 1 saturated heterocycles. The monoisotopic (exact) mass is 233 g/mol. The van der Waals surface area contributed by atoms with Crippen LogP contribution in [0.1, 0.15) is 18.4 Å². The van der Waals surface area contributed by atoms with Crippen molar-refractivity contribution < 1.29 is 4.79 Å². The molecule has 4 heteroatoms. The maximum absolute atomic E-state index is 10.8. The molecular weight excluding hydrogens is 214 g/mol. The second-order valence-electron chi connectivity index (χ2n) is 4.61. The second kappa shape index (κ2) is 5.68. The van der Waals surface area contributed by atoms with E-state index in [9.17, 15) is 4.79 Å². The molecule has 0 saturated carbocycles. The third kappa shape index (κ3) is 3.75. The molecule has 92 valence electrons. The van der Waals surface area contributed by atoms with Crippen molar-refractivity contribution in [2.24, 2.45) is 11.7 Å². The summed E-state index contributed by atoms with van der Waals surface area (Å²) in [5, 5.41) is 6.02. The highest BCUT2D eigenvalue weighted by Gasteiger charge is 2.13. The Morgan fingerprint density at radius 1 is 1.53 bits per heavy atom. The van der Waals surface area contributed by atoms with Gasteiger partial charge in [0, 0.05) is 5.69 Å². The van der Waals surface area contributed by atoms with Gasteiger partial charge in [0.2, 0.25) is 0 Å². The van der Waals surface area contributed by atoms with Crippen LogP contribution in [0.2, 0.25) is 0 Å². The molecule has 4 nitrogen and oxygen atoms in total. The zero-order valence-corrected chi connectivity index (χ0v) is 9.91. The van der Waals surface area contributed by atoms with Gasteiger partial charge in [0.1, 0.15) is 0 Å². The van der Waals surface area contributed by atoms with Crippen molar-refractivity contribution in [1.29, 1.82) is 0 Å². The molecule has 1 aliphatic rings. The zero-order chi connectivity index (χ0) is 12.1. The average molecular weight is 233 g/mol. The topological polar surface area (TPSA) is 67.2 Å². The number of amides is 2. The van der Waals surface area contributed by atoms with Gasteiger partial charge in [0.25, 0.3) is 0 Å². The quantitative estimate of drug-likeness (QED) is 0.744. The minimum Gasteiger partial charge on any atom is -0.351 e. The van der Waals surface area contributed by atoms with E-state index in [0.717, 1.165) is 25.2 Å². The molecule has 0 aromatic heterocycles. The largest absolute Gasteiger partial charge is 0.351 e. The third-order valence-corrected chi connectivity index (χ3v) is 3.12. The molecule has 0 spiro atoms. The van der Waals surface area contributed by atoms with Gasteiger partial charge in [0.05, 0.1) is 0 Å². The van der Waals surface area contributed by atoms with Crippen molar-refractivity contribution in [3.05, 3.63) is 29.8 Å². The van der Waals surface area contributed by atoms with Gasteiger partial charge < -0.3 is 16.4 Å². The van der Waals surface area contributed by atoms with Crippen molar-refractivity contribution in [1.82, 2.24) is 5.32 Å². The zero-order valence-electron chi connectivity index (χ0n) is 9.91. The maximum atomic E-state index is 10.8. The molecule has 0 bridgehead atoms. The van der Waals surface area contributed by atoms with Crippen LogP contribution in [-0.4, -0.2) is 19.1 Å². The van der Waals surface area contributed by atoms with E-state index in [2.05, 4.69) is 16.7 Å². The Balaban J connectivity index is 1.97. The Morgan fingerprint density at radius 3 is 3.12 bits per heavy atom. The normalized spacial score (nSPS) is 19.9. The van der Waals surface area contributed by atoms with Crippen LogP contribution >= 0.6 is 0 Å². The van der Waals surface area contributed by atoms with Crippen LogP contribution in [0.25, 0.3) is 0 Å². The number of benzene rings is 1. The van der Waals surface area contributed by atoms with Crippen molar-refractivity contribution in [2.45, 2.75) is 19.3 Å². The SMILES string of the molecule is NC(=O)Nc1cccc(CC2CCCNC2)c1. The molecule has 0 aliphatic carbocycles. The molecule has 2 amide bonds. The molecule has 2 rings (SSSR count). The average Bonchev–Trinajstić information content (AvgIpc) is 2.30. The van der Waals surface area contributed by atoms with Gasteiger partial charge in [0.15, 0.2) is 0 Å². The number of anilines is 1. The lowest BCUT2D eigenvalue weighted by Crippen LogP contribution is -2.30. The first-order valence-electron chi connectivity index (χ1n) is 6.10. The summed E-state index contributed by atoms with van der Waals surface area (Å²) in [5.41, 5.74) is 7.13. The number of hydrogen-bond donors (Lipinski definition) is 3. The Morgan fingerprint density at radius 2 is 2.41 bits per heavy atom. The number of carbonyl (C=O) groups excluding carboxylic acids is 1. The second-order valence-corrected chi connectivity index (χ2v) is 4.61. The molecule has 17 heavy (non-hydrogen) atoms. The van der Waals surface area contributed by atoms with Crippen molar-refractivity contribution in [3.63, 3.8) is 0 Å². The minimum absolute atomic E-state index is 0.513. The summed E-state index contributed by atoms with van der Waals surface area (Å²) in [6.07, 6.45) is 3.59. The Kier molecular flexibility index (Phi) is 3.98. The van der Waals surface area contributed by atoms with E-state index >= 15 is 0 Å². The van der Waals surface area contributed by atoms with Gasteiger partial charge in [-0.05, 0) is 56.0 Å². The number of hydrogen-bond acceptors (Lipinski definition) is 2. The Labute approximate surface area is 102 Å². The lowest BCUT2D eigenvalue weighted by molar-refractivity contribution is 0.259. The first-order chi connectivity index (χ1) is 8.24. The lowest BCUT2D eigenvalue weighted by Gasteiger charge is -2.22. The standard InChI is InChI=1S/C13H19N3O/c14-13(17)16-12-5-1-3-10(8-12)7-11-4-2-6-15-9-11/h1,3,5,8,11,15H,2,4,6-7,9H2,(H3,14,16,17). The van der Waals surface area contributed by atoms with Gasteiger partial charge in [-0.25, -0.2) is 4.79 Å². The highest BCUT2D eigenvalue weighted by Crippen LogP contribution is 2.18. The van der Waals surface area contributed by atoms with Crippen LogP contribution < -0.4 is 16.4 Å². The summed E-state index contributed by atoms with van der Waals surface area (Å²) in [4.78, 5) is 10.8. The fourth-order valence-corrected chi connectivity index (χ4v) is 2.35. The van der Waals surface area contributed by atoms with Crippen LogP contribution in [0.3, 0.4) is 0 Å². The lowest BCUT2D eigenvalue weighted by atomic mass is 9.92. The van der Waals surface area contributed by atoms with E-state index in [1.54, 1.807) is 0 Å². The van der Waals surface area contributed by atoms with Crippen LogP contribution in [0.15, 0.2) is 24.3 Å². The number of urea groups is 1. The Hall–Kier alpha value is -1.55. The van der Waals surface area contributed by atoms with Gasteiger partial charge in [-0.15, -0.1) is 0 Å². The van der Waals surface area contributed by atoms with Gasteiger partial charge in [-0.1, -0.05) is 12.1 Å². The number of primary amides is 1. The molecule has 1 atom stereocenters. The number of piperidine rings is 1. The van der Waals surface area contributed by atoms with Gasteiger partial charge >= 0.3 is 6.03 Å². The third-order valence-electron chi connectivity index (χ3n) is 3.12. The van der Waals surface area contributed by atoms with Crippen molar-refractivity contribution >= 4 is 11.7 Å². The van der Waals surface area contributed by atoms with Crippen molar-refractivity contribution in [3.8, 4) is 0 Å². The van der Waals surface area contributed by atoms with E-state index in [1.165, 1.54) is 18.4 Å². The number of carbonyl (C=O) groups is 1. The molecule has 1 aromatic carbocycles. The van der Waals surface area contributed by atoms with Crippen LogP contribution in [0.4, 0.5) is 10.5 Å². The number of nitrogens with two attached hydrogens (primary N) is 1. The highest BCUT2D eigenvalue weighted by atomic mass is 16.2. The molecule has 1 aliphatic heterocycles. The molecule has 1 aromatic rings. The summed E-state index contributed by atoms with van der Waals surface area (Å²) in [5.74, 6) is 0.701. The molecule has 0 radical (unpaired) electrons. The fourth-order valence-electron chi connectivity index (χ4n) is 2.35. The minimum atomic E-state index is -0.513. The van der Waals surface area contributed by atoms with Gasteiger partial charge in [-0.3, -0.25) is 0 Å². The maximum Gasteiger partial charge on any atom is 0.316 e. The first kappa shape index (κ1) is 11.9. The number of rotatable bonds is 3. The molecule has 1 unspecified atom stereocenters. The van der Waals surface area contributed by atoms with Gasteiger partial charge in [-0.2, -0.15) is 0 Å². The Bertz CT molecular complexity index is 386. The van der Waals surface area contributed by atoms with Crippen molar-refractivity contribution in [2.75, 3.05) is 18.4 Å². The molecule has 1 fully saturated rings. The summed E-state index contributed by atoms with van der Waals surface area (Å²) in [6, 6.07) is 7.39. The fraction of sp³-hybridized carbons (Fsp3) is 0.462.